The number of hydrogen-bond donors (Lipinski definition) is 1. The molecule has 6 nitrogen and oxygen atoms in total. The Hall–Kier alpha value is -0.700. The third-order valence-electron chi connectivity index (χ3n) is 4.16. The van der Waals surface area contributed by atoms with Crippen molar-refractivity contribution >= 4 is 38.6 Å². The molecule has 1 heterocycles. The van der Waals surface area contributed by atoms with Gasteiger partial charge in [0, 0.05) is 12.6 Å². The summed E-state index contributed by atoms with van der Waals surface area (Å²) in [5.41, 5.74) is -0.354. The minimum Gasteiger partial charge on any atom is -0.258 e. The van der Waals surface area contributed by atoms with Gasteiger partial charge >= 0.3 is 0 Å². The average molecular weight is 353 g/mol. The lowest BCUT2D eigenvalue weighted by molar-refractivity contribution is -0.384. The van der Waals surface area contributed by atoms with E-state index in [9.17, 15) is 18.5 Å². The highest BCUT2D eigenvalue weighted by Gasteiger charge is 2.34. The molecule has 0 aliphatic heterocycles. The molecule has 1 saturated carbocycles. The first kappa shape index (κ1) is 16.7. The molecule has 1 fully saturated rings. The molecule has 1 aliphatic rings. The van der Waals surface area contributed by atoms with E-state index in [0.29, 0.717) is 17.9 Å². The van der Waals surface area contributed by atoms with Gasteiger partial charge in [-0.05, 0) is 24.7 Å². The van der Waals surface area contributed by atoms with Gasteiger partial charge in [-0.2, -0.15) is 0 Å². The molecule has 0 amide bonds. The van der Waals surface area contributed by atoms with Crippen molar-refractivity contribution in [1.82, 2.24) is 4.72 Å². The summed E-state index contributed by atoms with van der Waals surface area (Å²) in [5.74, 6) is 0. The molecule has 21 heavy (non-hydrogen) atoms. The molecule has 118 valence electrons. The number of nitrogens with one attached hydrogen (secondary N) is 1. The summed E-state index contributed by atoms with van der Waals surface area (Å²) < 4.78 is 26.9. The van der Waals surface area contributed by atoms with E-state index >= 15 is 0 Å². The second-order valence-electron chi connectivity index (χ2n) is 5.37. The van der Waals surface area contributed by atoms with Crippen molar-refractivity contribution in [3.63, 3.8) is 0 Å². The van der Waals surface area contributed by atoms with E-state index in [1.54, 1.807) is 0 Å². The fourth-order valence-corrected chi connectivity index (χ4v) is 5.56. The minimum atomic E-state index is -3.75. The van der Waals surface area contributed by atoms with Crippen LogP contribution in [0.15, 0.2) is 10.3 Å². The van der Waals surface area contributed by atoms with E-state index in [1.807, 2.05) is 0 Å². The number of rotatable bonds is 6. The van der Waals surface area contributed by atoms with Crippen LogP contribution in [-0.4, -0.2) is 19.9 Å². The Morgan fingerprint density at radius 3 is 2.57 bits per heavy atom. The van der Waals surface area contributed by atoms with E-state index in [2.05, 4.69) is 11.6 Å². The van der Waals surface area contributed by atoms with Gasteiger partial charge in [0.25, 0.3) is 5.69 Å². The number of nitro groups is 1. The molecule has 0 saturated heterocycles. The summed E-state index contributed by atoms with van der Waals surface area (Å²) in [4.78, 5) is 10.1. The number of hydrogen-bond acceptors (Lipinski definition) is 5. The van der Waals surface area contributed by atoms with Gasteiger partial charge in [-0.1, -0.05) is 31.4 Å². The van der Waals surface area contributed by atoms with Crippen molar-refractivity contribution in [2.45, 2.75) is 43.2 Å². The van der Waals surface area contributed by atoms with Crippen molar-refractivity contribution in [3.05, 3.63) is 20.5 Å². The molecule has 0 unspecified atom stereocenters. The van der Waals surface area contributed by atoms with Crippen LogP contribution in [0.1, 0.15) is 39.0 Å². The van der Waals surface area contributed by atoms with Crippen molar-refractivity contribution in [2.24, 2.45) is 5.41 Å². The first-order valence-corrected chi connectivity index (χ1v) is 9.41. The van der Waals surface area contributed by atoms with Crippen LogP contribution < -0.4 is 4.72 Å². The maximum Gasteiger partial charge on any atom is 0.300 e. The molecule has 0 spiro atoms. The largest absolute Gasteiger partial charge is 0.300 e. The third kappa shape index (κ3) is 3.56. The number of sulfonamides is 1. The SMILES string of the molecule is CCC1(CNS(=O)(=O)c2cc([N+](=O)[O-])c(Cl)s2)CCCC1. The number of thiophene rings is 1. The Bertz CT molecular complexity index is 636. The molecule has 1 aromatic rings. The van der Waals surface area contributed by atoms with E-state index in [4.69, 9.17) is 11.6 Å². The highest BCUT2D eigenvalue weighted by atomic mass is 35.5. The monoisotopic (exact) mass is 352 g/mol. The highest BCUT2D eigenvalue weighted by Crippen LogP contribution is 2.41. The predicted molar refractivity (Wildman–Crippen MR) is 82.4 cm³/mol. The molecular weight excluding hydrogens is 336 g/mol. The lowest BCUT2D eigenvalue weighted by Crippen LogP contribution is -2.35. The minimum absolute atomic E-state index is 0.0139. The lowest BCUT2D eigenvalue weighted by Gasteiger charge is -2.27. The lowest BCUT2D eigenvalue weighted by atomic mass is 9.84. The molecule has 1 aliphatic carbocycles. The molecule has 0 aromatic carbocycles. The summed E-state index contributed by atoms with van der Waals surface area (Å²) in [6.07, 6.45) is 5.17. The van der Waals surface area contributed by atoms with Gasteiger partial charge in [-0.3, -0.25) is 10.1 Å². The maximum atomic E-state index is 12.3. The Kier molecular flexibility index (Phi) is 4.92. The molecule has 2 rings (SSSR count). The fraction of sp³-hybridized carbons (Fsp3) is 0.667. The highest BCUT2D eigenvalue weighted by molar-refractivity contribution is 7.91. The zero-order valence-corrected chi connectivity index (χ0v) is 14.0. The summed E-state index contributed by atoms with van der Waals surface area (Å²) in [7, 11) is -3.75. The molecule has 1 N–H and O–H groups in total. The average Bonchev–Trinajstić information content (AvgIpc) is 3.04. The van der Waals surface area contributed by atoms with Gasteiger partial charge in [0.2, 0.25) is 10.0 Å². The van der Waals surface area contributed by atoms with Gasteiger partial charge in [0.1, 0.15) is 4.21 Å². The van der Waals surface area contributed by atoms with Gasteiger partial charge in [-0.15, -0.1) is 11.3 Å². The normalized spacial score (nSPS) is 18.0. The smallest absolute Gasteiger partial charge is 0.258 e. The van der Waals surface area contributed by atoms with Crippen LogP contribution in [0.2, 0.25) is 4.34 Å². The summed E-state index contributed by atoms with van der Waals surface area (Å²) >= 11 is 6.42. The topological polar surface area (TPSA) is 89.3 Å². The summed E-state index contributed by atoms with van der Waals surface area (Å²) in [6.45, 7) is 2.43. The van der Waals surface area contributed by atoms with Crippen LogP contribution in [0.4, 0.5) is 5.69 Å². The van der Waals surface area contributed by atoms with Crippen molar-refractivity contribution in [3.8, 4) is 0 Å². The van der Waals surface area contributed by atoms with Gasteiger partial charge < -0.3 is 0 Å². The fourth-order valence-electron chi connectivity index (χ4n) is 2.69. The van der Waals surface area contributed by atoms with Crippen LogP contribution >= 0.6 is 22.9 Å². The van der Waals surface area contributed by atoms with Crippen LogP contribution in [0.25, 0.3) is 0 Å². The third-order valence-corrected chi connectivity index (χ3v) is 7.37. The quantitative estimate of drug-likeness (QED) is 0.626. The van der Waals surface area contributed by atoms with E-state index in [-0.39, 0.29) is 19.6 Å². The van der Waals surface area contributed by atoms with E-state index < -0.39 is 14.9 Å². The Balaban J connectivity index is 2.15. The summed E-state index contributed by atoms with van der Waals surface area (Å²) in [5, 5.41) is 10.7. The van der Waals surface area contributed by atoms with Crippen LogP contribution in [0.5, 0.6) is 0 Å². The zero-order chi connectivity index (χ0) is 15.7. The summed E-state index contributed by atoms with van der Waals surface area (Å²) in [6, 6.07) is 1.02. The second kappa shape index (κ2) is 6.20. The van der Waals surface area contributed by atoms with Crippen molar-refractivity contribution < 1.29 is 13.3 Å². The van der Waals surface area contributed by atoms with Gasteiger partial charge in [0.05, 0.1) is 4.92 Å². The van der Waals surface area contributed by atoms with Gasteiger partial charge in [0.15, 0.2) is 4.34 Å². The Labute approximate surface area is 132 Å². The Morgan fingerprint density at radius 1 is 1.48 bits per heavy atom. The number of nitrogens with zero attached hydrogens (tertiary/aromatic N) is 1. The number of halogens is 1. The van der Waals surface area contributed by atoms with E-state index in [0.717, 1.165) is 38.2 Å². The molecule has 9 heteroatoms. The molecule has 0 radical (unpaired) electrons. The second-order valence-corrected chi connectivity index (χ2v) is 9.01. The molecular formula is C12H17ClN2O4S2. The van der Waals surface area contributed by atoms with Crippen LogP contribution in [-0.2, 0) is 10.0 Å². The maximum absolute atomic E-state index is 12.3. The standard InChI is InChI=1S/C12H17ClN2O4S2/c1-2-12(5-3-4-6-12)8-14-21(18,19)10-7-9(15(16)17)11(13)20-10/h7,14H,2-6,8H2,1H3. The zero-order valence-electron chi connectivity index (χ0n) is 11.6. The molecule has 1 aromatic heterocycles. The van der Waals surface area contributed by atoms with Gasteiger partial charge in [-0.25, -0.2) is 13.1 Å². The first-order valence-electron chi connectivity index (χ1n) is 6.73. The van der Waals surface area contributed by atoms with Crippen LogP contribution in [0, 0.1) is 15.5 Å². The van der Waals surface area contributed by atoms with Crippen LogP contribution in [0.3, 0.4) is 0 Å². The van der Waals surface area contributed by atoms with Crippen molar-refractivity contribution in [2.75, 3.05) is 6.54 Å². The van der Waals surface area contributed by atoms with E-state index in [1.165, 1.54) is 0 Å². The van der Waals surface area contributed by atoms with Crippen molar-refractivity contribution in [1.29, 1.82) is 0 Å². The molecule has 0 bridgehead atoms. The predicted octanol–water partition coefficient (Wildman–Crippen LogP) is 3.56. The Morgan fingerprint density at radius 2 is 2.10 bits per heavy atom. The molecule has 0 atom stereocenters. The first-order chi connectivity index (χ1) is 9.80.